The van der Waals surface area contributed by atoms with Crippen molar-refractivity contribution in [3.63, 3.8) is 0 Å². The van der Waals surface area contributed by atoms with Crippen LogP contribution >= 0.6 is 141 Å². The van der Waals surface area contributed by atoms with Gasteiger partial charge in [-0.1, -0.05) is 134 Å². The Morgan fingerprint density at radius 3 is 1.04 bits per heavy atom. The Hall–Kier alpha value is -8.24. The number of piperidine rings is 3. The Kier molecular flexibility index (Phi) is 35.5. The molecule has 0 spiro atoms. The second kappa shape index (κ2) is 46.7. The minimum atomic E-state index is -0.972. The lowest BCUT2D eigenvalue weighted by Gasteiger charge is -2.33. The van der Waals surface area contributed by atoms with Gasteiger partial charge in [0.25, 0.3) is 0 Å². The number of carbonyl (C=O) groups is 4. The van der Waals surface area contributed by atoms with Gasteiger partial charge < -0.3 is 62.6 Å². The highest BCUT2D eigenvalue weighted by molar-refractivity contribution is 14.0. The van der Waals surface area contributed by atoms with E-state index >= 15 is 0 Å². The summed E-state index contributed by atoms with van der Waals surface area (Å²) in [7, 11) is 2.63. The summed E-state index contributed by atoms with van der Waals surface area (Å²) >= 11 is 47.7. The van der Waals surface area contributed by atoms with Gasteiger partial charge in [0.15, 0.2) is 0 Å². The number of carboxylic acid groups (broad SMARTS) is 2. The molecule has 9 fully saturated rings. The Balaban J connectivity index is 0.000000138. The first-order valence-electron chi connectivity index (χ1n) is 43.7. The first kappa shape index (κ1) is 103. The van der Waals surface area contributed by atoms with Crippen molar-refractivity contribution in [3.05, 3.63) is 280 Å². The van der Waals surface area contributed by atoms with Crippen LogP contribution in [0.25, 0.3) is 33.8 Å². The molecule has 6 bridgehead atoms. The van der Waals surface area contributed by atoms with Crippen LogP contribution in [0.5, 0.6) is 0 Å². The van der Waals surface area contributed by atoms with Gasteiger partial charge in [-0.3, -0.25) is 19.2 Å². The van der Waals surface area contributed by atoms with E-state index in [-0.39, 0.29) is 121 Å². The van der Waals surface area contributed by atoms with Gasteiger partial charge in [-0.25, -0.2) is 22.0 Å². The zero-order valence-electron chi connectivity index (χ0n) is 72.7. The summed E-state index contributed by atoms with van der Waals surface area (Å²) in [6.45, 7) is 3.74. The second-order valence-electron chi connectivity index (χ2n) is 34.5. The van der Waals surface area contributed by atoms with Crippen molar-refractivity contribution >= 4 is 177 Å². The molecule has 0 radical (unpaired) electrons. The van der Waals surface area contributed by atoms with Crippen LogP contribution in [0.3, 0.4) is 0 Å². The SMILES string of the molecule is COC(=O)Cc1ccc(Br)c(F)c1.COC(=O)Cc1ccc(N2C[C@@H]3C[C@H]2C[C@H]3OCc2c(-c3c(Cl)cccc3Cl)noc2C2CC2)c(F)c1.Clc1cccc(Cl)c1-c1noc(C2CC2)c1CO[C@@H]1C[C@@H]2C[C@H]1CN2.I.N#CCc1ccc(Br)c(F)c1.O=C(O)Cc1ccc(Br)c(F)c1.O=C(O)Cc1ccc(N2C[C@@H]3C[C@H]2C[C@H]3OCc2c(-c3c(Cl)cccc3Cl)noc2C2CC2)c(F)c1. The van der Waals surface area contributed by atoms with E-state index in [0.717, 1.165) is 129 Å². The van der Waals surface area contributed by atoms with Crippen LogP contribution in [-0.4, -0.2) is 120 Å². The van der Waals surface area contributed by atoms with E-state index < -0.39 is 17.8 Å². The van der Waals surface area contributed by atoms with Crippen molar-refractivity contribution in [1.82, 2.24) is 20.8 Å². The van der Waals surface area contributed by atoms with Gasteiger partial charge in [0, 0.05) is 101 Å². The van der Waals surface area contributed by atoms with Gasteiger partial charge in [-0.2, -0.15) is 5.26 Å². The molecule has 0 unspecified atom stereocenters. The molecule has 135 heavy (non-hydrogen) atoms. The molecule has 3 aromatic heterocycles. The zero-order chi connectivity index (χ0) is 94.9. The quantitative estimate of drug-likeness (QED) is 0.0258. The van der Waals surface area contributed by atoms with Crippen molar-refractivity contribution in [3.8, 4) is 39.8 Å². The number of rotatable bonds is 26. The summed E-state index contributed by atoms with van der Waals surface area (Å²) in [6.07, 6.45) is 12.9. The van der Waals surface area contributed by atoms with E-state index in [2.05, 4.69) is 87.9 Å². The van der Waals surface area contributed by atoms with Gasteiger partial charge in [-0.05, 0) is 256 Å². The molecular weight excluding hydrogens is 2190 g/mol. The molecule has 36 heteroatoms. The smallest absolute Gasteiger partial charge is 0.309 e. The number of aliphatic carboxylic acids is 2. The Morgan fingerprint density at radius 1 is 0.444 bits per heavy atom. The van der Waals surface area contributed by atoms with Crippen LogP contribution < -0.4 is 15.1 Å². The standard InChI is InChI=1S/C28H27Cl2FN2O4.C27H25Cl2FN2O4.C19H20Cl2N2O2.C9H8BrFO2.C8H5BrFN.C8H6BrFO2.HI/c1-35-25(34)10-15-5-8-23(22(31)9-15)33-13-17-11-18(33)12-24(17)36-14-19-27(32-37-28(19)16-6-7-16)26-20(29)3-2-4-21(26)30;28-19-2-1-3-20(29)25(19)26-18(27(36-31-26)15-5-6-15)13-35-23-11-17-10-16(23)12-32(17)22-7-4-14(8-21(22)30)9-24(33)34;20-14-2-1-3-15(21)17(14)18-13(19(25-23-18)10-4-5-10)9-24-16-7-12-6-11(16)8-22-12;1-13-9(12)5-6-2-3-7(10)8(11)4-6;9-7-2-1-6(3-4-11)5-8(7)10;9-6-2-1-5(3-7(6)10)4-8(11)12;/h2-5,8-9,16-18,24H,6-7,10-14H2,1H3;1-4,7-8,15-17,23H,5-6,9-13H2,(H,33,34);1-3,10-12,16,22H,4-9H2;2-4H,5H2,1H3;1-2,5H,3H2;1-3H,4H2,(H,11,12);1H/t17-,18-,24+;16-,17-,23+;11-,12-,16+;;;;/m000..../s1. The number of anilines is 2. The molecule has 8 aromatic carbocycles. The number of carbonyl (C=O) groups excluding carboxylic acids is 2. The average molecular weight is 2280 g/mol. The number of benzene rings is 8. The van der Waals surface area contributed by atoms with E-state index in [1.54, 1.807) is 84.9 Å². The molecular formula is C99H92Br3Cl6F5IN7O14. The average Bonchev–Trinajstić information content (AvgIpc) is 1.63. The Labute approximate surface area is 848 Å². The summed E-state index contributed by atoms with van der Waals surface area (Å²) in [5.74, 6) is 0.549. The maximum Gasteiger partial charge on any atom is 0.309 e. The number of nitrogens with one attached hydrogen (secondary N) is 1. The molecule has 712 valence electrons. The number of halogens is 15. The molecule has 6 saturated carbocycles. The predicted octanol–water partition coefficient (Wildman–Crippen LogP) is 25.6. The maximum atomic E-state index is 14.9. The summed E-state index contributed by atoms with van der Waals surface area (Å²) in [5, 5.41) is 45.5. The van der Waals surface area contributed by atoms with E-state index in [0.29, 0.717) is 173 Å². The molecule has 3 saturated heterocycles. The topological polar surface area (TPSA) is 275 Å². The lowest BCUT2D eigenvalue weighted by atomic mass is 10.0. The number of fused-ring (bicyclic) bond motifs is 6. The van der Waals surface area contributed by atoms with Gasteiger partial charge in [0.05, 0.1) is 145 Å². The number of ether oxygens (including phenoxy) is 5. The van der Waals surface area contributed by atoms with Crippen molar-refractivity contribution in [2.24, 2.45) is 17.8 Å². The highest BCUT2D eigenvalue weighted by Gasteiger charge is 2.49. The number of carboxylic acids is 2. The number of nitriles is 1. The van der Waals surface area contributed by atoms with E-state index in [4.69, 9.17) is 113 Å². The van der Waals surface area contributed by atoms with E-state index in [1.165, 1.54) is 57.0 Å². The van der Waals surface area contributed by atoms with Gasteiger partial charge in [0.1, 0.15) is 63.4 Å². The lowest BCUT2D eigenvalue weighted by Crippen LogP contribution is -2.39. The Morgan fingerprint density at radius 2 is 0.763 bits per heavy atom. The first-order chi connectivity index (χ1) is 64.5. The molecule has 21 nitrogen and oxygen atoms in total. The zero-order valence-corrected chi connectivity index (χ0v) is 84.3. The van der Waals surface area contributed by atoms with Crippen LogP contribution in [0, 0.1) is 58.2 Å². The Bertz CT molecular complexity index is 6130. The third-order valence-electron chi connectivity index (χ3n) is 25.2. The highest BCUT2D eigenvalue weighted by Crippen LogP contribution is 2.52. The van der Waals surface area contributed by atoms with Crippen LogP contribution in [0.2, 0.25) is 30.1 Å². The third kappa shape index (κ3) is 25.7. The molecule has 9 atom stereocenters. The van der Waals surface area contributed by atoms with Crippen LogP contribution in [0.4, 0.5) is 33.3 Å². The monoisotopic (exact) mass is 2270 g/mol. The van der Waals surface area contributed by atoms with Gasteiger partial charge in [0.2, 0.25) is 0 Å². The lowest BCUT2D eigenvalue weighted by molar-refractivity contribution is -0.140. The van der Waals surface area contributed by atoms with E-state index in [9.17, 15) is 41.1 Å². The summed E-state index contributed by atoms with van der Waals surface area (Å²) in [5.41, 5.74) is 10.9. The van der Waals surface area contributed by atoms with Crippen molar-refractivity contribution < 1.29 is 88.6 Å². The predicted molar refractivity (Wildman–Crippen MR) is 524 cm³/mol. The van der Waals surface area contributed by atoms with Crippen molar-refractivity contribution in [1.29, 1.82) is 5.26 Å². The highest BCUT2D eigenvalue weighted by atomic mass is 127. The molecule has 3 N–H and O–H groups in total. The number of aromatic nitrogens is 3. The fourth-order valence-electron chi connectivity index (χ4n) is 18.2. The number of hydrogen-bond donors (Lipinski definition) is 3. The molecule has 3 aliphatic heterocycles. The summed E-state index contributed by atoms with van der Waals surface area (Å²) in [6, 6.07) is 42.4. The molecule has 6 heterocycles. The molecule has 20 rings (SSSR count). The van der Waals surface area contributed by atoms with Crippen LogP contribution in [0.1, 0.15) is 157 Å². The van der Waals surface area contributed by atoms with Crippen molar-refractivity contribution in [2.75, 3.05) is 43.7 Å². The molecule has 11 aromatic rings. The fraction of sp³-hybridized carbons (Fsp3) is 0.374. The number of esters is 2. The largest absolute Gasteiger partial charge is 0.481 e. The van der Waals surface area contributed by atoms with Gasteiger partial charge >= 0.3 is 23.9 Å². The minimum absolute atomic E-state index is 0. The van der Waals surface area contributed by atoms with Crippen molar-refractivity contribution in [2.45, 2.75) is 183 Å². The van der Waals surface area contributed by atoms with Crippen LogP contribution in [0.15, 0.2) is 173 Å². The van der Waals surface area contributed by atoms with E-state index in [1.807, 2.05) is 30.3 Å². The van der Waals surface area contributed by atoms with Gasteiger partial charge in [-0.15, -0.1) is 24.0 Å². The first-order valence-corrected chi connectivity index (χ1v) is 48.4. The number of hydrogen-bond acceptors (Lipinski definition) is 19. The number of nitrogens with zero attached hydrogens (tertiary/aromatic N) is 6. The summed E-state index contributed by atoms with van der Waals surface area (Å²) in [4.78, 5) is 47.7. The molecule has 9 aliphatic rings. The maximum absolute atomic E-state index is 14.9. The fourth-order valence-corrected chi connectivity index (χ4v) is 20.6. The van der Waals surface area contributed by atoms with Crippen LogP contribution in [-0.2, 0) is 94.8 Å². The minimum Gasteiger partial charge on any atom is -0.481 e. The number of methoxy groups -OCH3 is 2. The molecule has 6 aliphatic carbocycles. The summed E-state index contributed by atoms with van der Waals surface area (Å²) < 4.78 is 115. The normalized spacial score (nSPS) is 20.1. The molecule has 0 amide bonds. The third-order valence-corrected chi connectivity index (χ3v) is 29.0. The second-order valence-corrected chi connectivity index (χ2v) is 39.5.